The van der Waals surface area contributed by atoms with E-state index < -0.39 is 78.7 Å². The molecule has 0 saturated carbocycles. The Morgan fingerprint density at radius 1 is 0.710 bits per heavy atom. The highest BCUT2D eigenvalue weighted by Gasteiger charge is 2.90. The van der Waals surface area contributed by atoms with Crippen molar-refractivity contribution in [3.63, 3.8) is 0 Å². The molecule has 0 aromatic heterocycles. The van der Waals surface area contributed by atoms with Crippen molar-refractivity contribution in [3.05, 3.63) is 0 Å². The van der Waals surface area contributed by atoms with Crippen LogP contribution in [0.15, 0.2) is 0 Å². The molecule has 0 unspecified atom stereocenters. The average molecular weight is 510 g/mol. The fourth-order valence-corrected chi connectivity index (χ4v) is 2.34. The molecule has 31 heavy (non-hydrogen) atoms. The van der Waals surface area contributed by atoms with Gasteiger partial charge in [0.1, 0.15) is 5.94 Å². The summed E-state index contributed by atoms with van der Waals surface area (Å²) in [6, 6.07) is 0. The molecule has 0 heterocycles. The minimum Gasteiger partial charge on any atom is -0.481 e. The Hall–Kier alpha value is -1.62. The van der Waals surface area contributed by atoms with E-state index in [0.29, 0.717) is 0 Å². The predicted octanol–water partition coefficient (Wildman–Crippen LogP) is 5.21. The van der Waals surface area contributed by atoms with Gasteiger partial charge < -0.3 is 9.84 Å². The van der Waals surface area contributed by atoms with E-state index in [-0.39, 0.29) is 11.8 Å². The lowest BCUT2D eigenvalue weighted by atomic mass is 9.93. The molecule has 0 aromatic carbocycles. The van der Waals surface area contributed by atoms with E-state index in [4.69, 9.17) is 5.11 Å². The molecule has 0 aliphatic heterocycles. The maximum atomic E-state index is 13.4. The zero-order valence-corrected chi connectivity index (χ0v) is 15.3. The van der Waals surface area contributed by atoms with Crippen LogP contribution >= 0.6 is 11.8 Å². The standard InChI is InChI=1S/C13H11F13O4S/c14-8(15,3-4-31-5-30-7(29)2-1-6(27)28)9(16,17)10(18,19)11(20,21)12(22,23)13(24,25)26/h1-5H2,(H,27,28). The lowest BCUT2D eigenvalue weighted by molar-refractivity contribution is -0.439. The van der Waals surface area contributed by atoms with Gasteiger partial charge in [-0.25, -0.2) is 0 Å². The van der Waals surface area contributed by atoms with Gasteiger partial charge in [0, 0.05) is 12.2 Å². The van der Waals surface area contributed by atoms with Gasteiger partial charge >= 0.3 is 47.7 Å². The molecular formula is C13H11F13O4S. The molecule has 0 aliphatic rings. The van der Waals surface area contributed by atoms with Gasteiger partial charge in [0.15, 0.2) is 0 Å². The summed E-state index contributed by atoms with van der Waals surface area (Å²) in [6.07, 6.45) is -11.3. The summed E-state index contributed by atoms with van der Waals surface area (Å²) >= 11 is 0.0224. The zero-order valence-electron chi connectivity index (χ0n) is 14.5. The first-order valence-electron chi connectivity index (χ1n) is 7.47. The molecule has 0 radical (unpaired) electrons. The fourth-order valence-electron chi connectivity index (χ4n) is 1.61. The van der Waals surface area contributed by atoms with Crippen molar-refractivity contribution in [3.8, 4) is 0 Å². The first-order chi connectivity index (χ1) is 13.6. The Bertz CT molecular complexity index is 648. The topological polar surface area (TPSA) is 63.6 Å². The van der Waals surface area contributed by atoms with Crippen LogP contribution in [0.5, 0.6) is 0 Å². The number of carboxylic acid groups (broad SMARTS) is 1. The zero-order chi connectivity index (χ0) is 25.1. The van der Waals surface area contributed by atoms with Crippen molar-refractivity contribution in [1.29, 1.82) is 0 Å². The Morgan fingerprint density at radius 3 is 1.58 bits per heavy atom. The van der Waals surface area contributed by atoms with Crippen LogP contribution in [0.4, 0.5) is 57.1 Å². The third-order valence-corrected chi connectivity index (χ3v) is 4.18. The summed E-state index contributed by atoms with van der Waals surface area (Å²) in [4.78, 5) is 21.1. The number of alkyl halides is 13. The Kier molecular flexibility index (Phi) is 8.98. The van der Waals surface area contributed by atoms with Crippen LogP contribution in [0.3, 0.4) is 0 Å². The normalized spacial score (nSPS) is 14.5. The van der Waals surface area contributed by atoms with Gasteiger partial charge in [0.05, 0.1) is 12.8 Å². The summed E-state index contributed by atoms with van der Waals surface area (Å²) in [5.41, 5.74) is 0. The molecule has 0 saturated heterocycles. The van der Waals surface area contributed by atoms with Crippen LogP contribution in [0, 0.1) is 0 Å². The van der Waals surface area contributed by atoms with E-state index in [2.05, 4.69) is 4.74 Å². The van der Waals surface area contributed by atoms with Gasteiger partial charge in [0.2, 0.25) is 0 Å². The Labute approximate surface area is 168 Å². The van der Waals surface area contributed by atoms with E-state index in [1.54, 1.807) is 0 Å². The monoisotopic (exact) mass is 510 g/mol. The number of carbonyl (C=O) groups is 2. The lowest BCUT2D eigenvalue weighted by Crippen LogP contribution is -2.70. The number of carboxylic acids is 1. The van der Waals surface area contributed by atoms with Crippen LogP contribution in [0.1, 0.15) is 19.3 Å². The summed E-state index contributed by atoms with van der Waals surface area (Å²) < 4.78 is 171. The van der Waals surface area contributed by atoms with E-state index in [1.165, 1.54) is 0 Å². The van der Waals surface area contributed by atoms with E-state index in [1.807, 2.05) is 0 Å². The van der Waals surface area contributed by atoms with Gasteiger partial charge in [-0.15, -0.1) is 11.8 Å². The van der Waals surface area contributed by atoms with Gasteiger partial charge in [-0.1, -0.05) is 0 Å². The highest BCUT2D eigenvalue weighted by atomic mass is 32.2. The van der Waals surface area contributed by atoms with E-state index >= 15 is 0 Å². The first-order valence-corrected chi connectivity index (χ1v) is 8.62. The summed E-state index contributed by atoms with van der Waals surface area (Å²) in [5.74, 6) is -41.9. The average Bonchev–Trinajstić information content (AvgIpc) is 2.57. The number of rotatable bonds is 12. The largest absolute Gasteiger partial charge is 0.481 e. The van der Waals surface area contributed by atoms with Gasteiger partial charge in [-0.3, -0.25) is 9.59 Å². The number of hydrogen-bond donors (Lipinski definition) is 1. The van der Waals surface area contributed by atoms with Crippen molar-refractivity contribution in [2.45, 2.75) is 55.1 Å². The fraction of sp³-hybridized carbons (Fsp3) is 0.846. The molecule has 0 amide bonds. The Morgan fingerprint density at radius 2 is 1.16 bits per heavy atom. The highest BCUT2D eigenvalue weighted by Crippen LogP contribution is 2.60. The predicted molar refractivity (Wildman–Crippen MR) is 75.7 cm³/mol. The quantitative estimate of drug-likeness (QED) is 0.169. The number of hydrogen-bond acceptors (Lipinski definition) is 4. The molecule has 18 heteroatoms. The number of halogens is 13. The highest BCUT2D eigenvalue weighted by molar-refractivity contribution is 7.99. The van der Waals surface area contributed by atoms with E-state index in [9.17, 15) is 66.7 Å². The summed E-state index contributed by atoms with van der Waals surface area (Å²) in [7, 11) is 0. The smallest absolute Gasteiger partial charge is 0.460 e. The minimum atomic E-state index is -7.95. The Balaban J connectivity index is 5.21. The second-order valence-electron chi connectivity index (χ2n) is 5.69. The van der Waals surface area contributed by atoms with Crippen molar-refractivity contribution in [1.82, 2.24) is 0 Å². The van der Waals surface area contributed by atoms with Gasteiger partial charge in [-0.2, -0.15) is 57.1 Å². The summed E-state index contributed by atoms with van der Waals surface area (Å²) in [5, 5.41) is 8.26. The van der Waals surface area contributed by atoms with Crippen LogP contribution in [-0.4, -0.2) is 64.5 Å². The molecule has 0 rings (SSSR count). The van der Waals surface area contributed by atoms with Crippen molar-refractivity contribution in [2.24, 2.45) is 0 Å². The minimum absolute atomic E-state index is 0.0224. The van der Waals surface area contributed by atoms with Gasteiger partial charge in [-0.05, 0) is 0 Å². The molecule has 0 spiro atoms. The van der Waals surface area contributed by atoms with Crippen molar-refractivity contribution < 1.29 is 76.5 Å². The van der Waals surface area contributed by atoms with Crippen LogP contribution in [-0.2, 0) is 14.3 Å². The molecular weight excluding hydrogens is 499 g/mol. The molecule has 4 nitrogen and oxygen atoms in total. The second-order valence-corrected chi connectivity index (χ2v) is 6.74. The van der Waals surface area contributed by atoms with Gasteiger partial charge in [0.25, 0.3) is 0 Å². The molecule has 1 N–H and O–H groups in total. The molecule has 184 valence electrons. The number of thioether (sulfide) groups is 1. The maximum Gasteiger partial charge on any atom is 0.460 e. The summed E-state index contributed by atoms with van der Waals surface area (Å²) in [6.45, 7) is 0. The van der Waals surface area contributed by atoms with Crippen LogP contribution in [0.25, 0.3) is 0 Å². The molecule has 0 aromatic rings. The number of aliphatic carboxylic acids is 1. The van der Waals surface area contributed by atoms with E-state index in [0.717, 1.165) is 0 Å². The lowest BCUT2D eigenvalue weighted by Gasteiger charge is -2.39. The molecule has 0 aliphatic carbocycles. The molecule has 0 bridgehead atoms. The van der Waals surface area contributed by atoms with Crippen LogP contribution in [0.2, 0.25) is 0 Å². The molecule has 0 fully saturated rings. The number of ether oxygens (including phenoxy) is 1. The second kappa shape index (κ2) is 9.48. The van der Waals surface area contributed by atoms with Crippen molar-refractivity contribution >= 4 is 23.7 Å². The van der Waals surface area contributed by atoms with Crippen molar-refractivity contribution in [2.75, 3.05) is 11.7 Å². The first kappa shape index (κ1) is 29.4. The third-order valence-electron chi connectivity index (χ3n) is 3.41. The third kappa shape index (κ3) is 6.00. The molecule has 0 atom stereocenters. The van der Waals surface area contributed by atoms with Crippen LogP contribution < -0.4 is 0 Å². The number of carbonyl (C=O) groups excluding carboxylic acids is 1. The maximum absolute atomic E-state index is 13.4. The SMILES string of the molecule is O=C(O)CCC(=O)OCSCCC(F)(F)C(F)(F)C(F)(F)C(F)(F)C(F)(F)C(F)(F)F. The number of esters is 1.